The van der Waals surface area contributed by atoms with Crippen molar-refractivity contribution in [2.24, 2.45) is 11.7 Å². The first-order valence-corrected chi connectivity index (χ1v) is 8.86. The predicted molar refractivity (Wildman–Crippen MR) is 101 cm³/mol. The van der Waals surface area contributed by atoms with Crippen molar-refractivity contribution in [3.8, 4) is 0 Å². The van der Waals surface area contributed by atoms with E-state index in [1.54, 1.807) is 19.1 Å². The number of thiophene rings is 1. The molecule has 1 heterocycles. The Hall–Kier alpha value is -0.630. The summed E-state index contributed by atoms with van der Waals surface area (Å²) in [5.41, 5.74) is 5.33. The molecule has 1 aromatic rings. The topological polar surface area (TPSA) is 84.2 Å². The maximum atomic E-state index is 12.3. The summed E-state index contributed by atoms with van der Waals surface area (Å²) >= 11 is 4.64. The molecule has 1 rings (SSSR count). The second-order valence-corrected chi connectivity index (χ2v) is 8.61. The minimum atomic E-state index is -0.619. The van der Waals surface area contributed by atoms with Crippen LogP contribution in [0.15, 0.2) is 15.9 Å². The van der Waals surface area contributed by atoms with E-state index in [0.717, 1.165) is 10.2 Å². The SMILES string of the molecule is CC(C)CC(C)(CN)NC(=O)C(C)NC(=O)c1ccc(Br)s1.Cl. The van der Waals surface area contributed by atoms with Gasteiger partial charge in [0.15, 0.2) is 0 Å². The van der Waals surface area contributed by atoms with Crippen molar-refractivity contribution < 1.29 is 9.59 Å². The average Bonchev–Trinajstić information content (AvgIpc) is 2.84. The molecule has 5 nitrogen and oxygen atoms in total. The van der Waals surface area contributed by atoms with Crippen LogP contribution >= 0.6 is 39.7 Å². The second-order valence-electron chi connectivity index (χ2n) is 6.15. The highest BCUT2D eigenvalue weighted by Crippen LogP contribution is 2.22. The molecule has 0 aromatic carbocycles. The van der Waals surface area contributed by atoms with Gasteiger partial charge in [0, 0.05) is 12.1 Å². The lowest BCUT2D eigenvalue weighted by atomic mass is 9.90. The van der Waals surface area contributed by atoms with Crippen molar-refractivity contribution in [1.29, 1.82) is 0 Å². The Labute approximate surface area is 156 Å². The molecule has 0 aliphatic carbocycles. The standard InChI is InChI=1S/C15H24BrN3O2S.ClH/c1-9(2)7-15(4,8-17)19-13(20)10(3)18-14(21)11-5-6-12(16)22-11;/h5-6,9-10H,7-8,17H2,1-4H3,(H,18,21)(H,19,20);1H. The highest BCUT2D eigenvalue weighted by molar-refractivity contribution is 9.11. The summed E-state index contributed by atoms with van der Waals surface area (Å²) in [6.07, 6.45) is 0.785. The van der Waals surface area contributed by atoms with Gasteiger partial charge in [0.25, 0.3) is 5.91 Å². The summed E-state index contributed by atoms with van der Waals surface area (Å²) in [4.78, 5) is 24.9. The van der Waals surface area contributed by atoms with Crippen molar-refractivity contribution in [2.75, 3.05) is 6.54 Å². The summed E-state index contributed by atoms with van der Waals surface area (Å²) in [5, 5.41) is 5.66. The zero-order chi connectivity index (χ0) is 16.9. The lowest BCUT2D eigenvalue weighted by Gasteiger charge is -2.32. The quantitative estimate of drug-likeness (QED) is 0.627. The molecule has 0 saturated carbocycles. The Morgan fingerprint density at radius 1 is 1.35 bits per heavy atom. The molecule has 2 amide bonds. The van der Waals surface area contributed by atoms with E-state index in [0.29, 0.717) is 17.3 Å². The lowest BCUT2D eigenvalue weighted by molar-refractivity contribution is -0.124. The van der Waals surface area contributed by atoms with Crippen molar-refractivity contribution >= 4 is 51.5 Å². The van der Waals surface area contributed by atoms with E-state index < -0.39 is 11.6 Å². The van der Waals surface area contributed by atoms with Crippen molar-refractivity contribution in [3.63, 3.8) is 0 Å². The second kappa shape index (κ2) is 9.61. The van der Waals surface area contributed by atoms with Crippen LogP contribution in [-0.2, 0) is 4.79 Å². The molecule has 0 spiro atoms. The normalized spacial score (nSPS) is 14.6. The molecule has 0 aliphatic rings. The van der Waals surface area contributed by atoms with E-state index in [4.69, 9.17) is 5.73 Å². The van der Waals surface area contributed by atoms with Gasteiger partial charge < -0.3 is 16.4 Å². The Morgan fingerprint density at radius 3 is 2.39 bits per heavy atom. The number of nitrogens with two attached hydrogens (primary N) is 1. The van der Waals surface area contributed by atoms with Gasteiger partial charge in [0.2, 0.25) is 5.91 Å². The molecule has 0 radical (unpaired) electrons. The molecule has 0 fully saturated rings. The Morgan fingerprint density at radius 2 is 1.96 bits per heavy atom. The Bertz CT molecular complexity index is 539. The maximum Gasteiger partial charge on any atom is 0.262 e. The highest BCUT2D eigenvalue weighted by Gasteiger charge is 2.28. The summed E-state index contributed by atoms with van der Waals surface area (Å²) < 4.78 is 0.877. The van der Waals surface area contributed by atoms with Crippen molar-refractivity contribution in [1.82, 2.24) is 10.6 Å². The molecule has 0 bridgehead atoms. The zero-order valence-electron chi connectivity index (χ0n) is 13.8. The number of hydrogen-bond donors (Lipinski definition) is 3. The summed E-state index contributed by atoms with van der Waals surface area (Å²) in [7, 11) is 0. The Balaban J connectivity index is 0.00000484. The molecular weight excluding hydrogens is 402 g/mol. The van der Waals surface area contributed by atoms with Crippen molar-refractivity contribution in [3.05, 3.63) is 20.8 Å². The van der Waals surface area contributed by atoms with E-state index >= 15 is 0 Å². The van der Waals surface area contributed by atoms with Crippen LogP contribution in [-0.4, -0.2) is 29.9 Å². The van der Waals surface area contributed by atoms with Crippen LogP contribution in [0.4, 0.5) is 0 Å². The van der Waals surface area contributed by atoms with Crippen LogP contribution in [0, 0.1) is 5.92 Å². The number of halogens is 2. The summed E-state index contributed by atoms with van der Waals surface area (Å²) in [5.74, 6) is -0.0588. The third-order valence-electron chi connectivity index (χ3n) is 3.27. The van der Waals surface area contributed by atoms with Gasteiger partial charge in [-0.3, -0.25) is 9.59 Å². The molecule has 2 unspecified atom stereocenters. The third-order valence-corrected chi connectivity index (χ3v) is 4.89. The fourth-order valence-electron chi connectivity index (χ4n) is 2.26. The molecule has 23 heavy (non-hydrogen) atoms. The largest absolute Gasteiger partial charge is 0.348 e. The number of carbonyl (C=O) groups excluding carboxylic acids is 2. The minimum Gasteiger partial charge on any atom is -0.348 e. The van der Waals surface area contributed by atoms with E-state index in [9.17, 15) is 9.59 Å². The lowest BCUT2D eigenvalue weighted by Crippen LogP contribution is -2.57. The monoisotopic (exact) mass is 425 g/mol. The number of rotatable bonds is 7. The smallest absolute Gasteiger partial charge is 0.262 e. The molecule has 2 atom stereocenters. The van der Waals surface area contributed by atoms with E-state index in [-0.39, 0.29) is 24.2 Å². The van der Waals surface area contributed by atoms with Gasteiger partial charge in [-0.2, -0.15) is 0 Å². The number of amides is 2. The number of hydrogen-bond acceptors (Lipinski definition) is 4. The maximum absolute atomic E-state index is 12.3. The van der Waals surface area contributed by atoms with Gasteiger partial charge in [-0.15, -0.1) is 23.7 Å². The number of nitrogens with one attached hydrogen (secondary N) is 2. The third kappa shape index (κ3) is 7.20. The molecule has 1 aromatic heterocycles. The van der Waals surface area contributed by atoms with Crippen LogP contribution in [0.5, 0.6) is 0 Å². The first-order valence-electron chi connectivity index (χ1n) is 7.25. The predicted octanol–water partition coefficient (Wildman–Crippen LogP) is 2.93. The summed E-state index contributed by atoms with van der Waals surface area (Å²) in [6.45, 7) is 8.12. The zero-order valence-corrected chi connectivity index (χ0v) is 17.0. The van der Waals surface area contributed by atoms with E-state index in [1.807, 2.05) is 6.92 Å². The molecular formula is C15H25BrClN3O2S. The van der Waals surface area contributed by atoms with Gasteiger partial charge in [-0.05, 0) is 54.2 Å². The first kappa shape index (κ1) is 22.4. The molecule has 0 saturated heterocycles. The number of carbonyl (C=O) groups is 2. The average molecular weight is 427 g/mol. The van der Waals surface area contributed by atoms with Gasteiger partial charge in [0.05, 0.1) is 8.66 Å². The highest BCUT2D eigenvalue weighted by atomic mass is 79.9. The molecule has 0 aliphatic heterocycles. The van der Waals surface area contributed by atoms with Gasteiger partial charge in [-0.25, -0.2) is 0 Å². The van der Waals surface area contributed by atoms with E-state index in [2.05, 4.69) is 40.4 Å². The fourth-order valence-corrected chi connectivity index (χ4v) is 3.55. The van der Waals surface area contributed by atoms with E-state index in [1.165, 1.54) is 11.3 Å². The molecule has 8 heteroatoms. The van der Waals surface area contributed by atoms with Crippen LogP contribution in [0.1, 0.15) is 43.8 Å². The molecule has 4 N–H and O–H groups in total. The summed E-state index contributed by atoms with van der Waals surface area (Å²) in [6, 6.07) is 2.90. The van der Waals surface area contributed by atoms with Gasteiger partial charge >= 0.3 is 0 Å². The van der Waals surface area contributed by atoms with Crippen molar-refractivity contribution in [2.45, 2.75) is 45.7 Å². The molecule has 132 valence electrons. The fraction of sp³-hybridized carbons (Fsp3) is 0.600. The van der Waals surface area contributed by atoms with Crippen LogP contribution < -0.4 is 16.4 Å². The Kier molecular flexibility index (Phi) is 9.35. The minimum absolute atomic E-state index is 0. The van der Waals surface area contributed by atoms with Gasteiger partial charge in [-0.1, -0.05) is 13.8 Å². The van der Waals surface area contributed by atoms with Crippen LogP contribution in [0.2, 0.25) is 0 Å². The van der Waals surface area contributed by atoms with Crippen LogP contribution in [0.3, 0.4) is 0 Å². The van der Waals surface area contributed by atoms with Gasteiger partial charge in [0.1, 0.15) is 6.04 Å². The van der Waals surface area contributed by atoms with Crippen LogP contribution in [0.25, 0.3) is 0 Å². The first-order chi connectivity index (χ1) is 10.2.